The molecule has 4 rings (SSSR count). The van der Waals surface area contributed by atoms with E-state index in [1.54, 1.807) is 6.07 Å². The molecule has 1 amide bonds. The number of hydrogen-bond donors (Lipinski definition) is 1. The highest BCUT2D eigenvalue weighted by atomic mass is 32.1. The lowest BCUT2D eigenvalue weighted by atomic mass is 10.1. The number of fused-ring (bicyclic) bond motifs is 2. The number of benzene rings is 1. The molecule has 1 N–H and O–H groups in total. The topological polar surface area (TPSA) is 69.3 Å². The molecule has 26 heavy (non-hydrogen) atoms. The minimum atomic E-state index is -0.131. The van der Waals surface area contributed by atoms with E-state index in [0.717, 1.165) is 16.9 Å². The zero-order chi connectivity index (χ0) is 18.3. The Kier molecular flexibility index (Phi) is 4.34. The number of hydrogen-bond acceptors (Lipinski definition) is 5. The third-order valence-corrected chi connectivity index (χ3v) is 5.49. The van der Waals surface area contributed by atoms with E-state index >= 15 is 0 Å². The molecule has 0 fully saturated rings. The summed E-state index contributed by atoms with van der Waals surface area (Å²) >= 11 is 1.44. The number of anilines is 1. The highest BCUT2D eigenvalue weighted by Gasteiger charge is 2.30. The largest absolute Gasteiger partial charge is 0.309 e. The molecule has 0 saturated carbocycles. The van der Waals surface area contributed by atoms with E-state index in [9.17, 15) is 9.59 Å². The summed E-state index contributed by atoms with van der Waals surface area (Å²) in [5.41, 5.74) is 2.09. The number of nitrogens with zero attached hydrogens (tertiary/aromatic N) is 3. The molecular formula is C19H20N4O2S. The van der Waals surface area contributed by atoms with Crippen LogP contribution in [0.1, 0.15) is 18.3 Å². The summed E-state index contributed by atoms with van der Waals surface area (Å²) in [5, 5.41) is 2.47. The molecule has 134 valence electrons. The summed E-state index contributed by atoms with van der Waals surface area (Å²) < 4.78 is 0. The molecule has 0 radical (unpaired) electrons. The van der Waals surface area contributed by atoms with E-state index in [2.05, 4.69) is 23.0 Å². The number of H-pyrrole nitrogens is 1. The van der Waals surface area contributed by atoms with Gasteiger partial charge in [0.05, 0.1) is 18.5 Å². The van der Waals surface area contributed by atoms with Crippen molar-refractivity contribution < 1.29 is 4.79 Å². The molecule has 0 unspecified atom stereocenters. The lowest BCUT2D eigenvalue weighted by Crippen LogP contribution is -2.42. The molecule has 3 heterocycles. The van der Waals surface area contributed by atoms with Crippen LogP contribution in [0.2, 0.25) is 0 Å². The van der Waals surface area contributed by atoms with Gasteiger partial charge in [-0.15, -0.1) is 11.3 Å². The number of carbonyl (C=O) groups excluding carboxylic acids is 1. The molecule has 2 aromatic heterocycles. The third-order valence-electron chi connectivity index (χ3n) is 4.68. The van der Waals surface area contributed by atoms with Gasteiger partial charge in [-0.3, -0.25) is 14.5 Å². The molecule has 0 saturated heterocycles. The second kappa shape index (κ2) is 6.66. The maximum atomic E-state index is 12.9. The summed E-state index contributed by atoms with van der Waals surface area (Å²) in [4.78, 5) is 36.7. The van der Waals surface area contributed by atoms with Crippen LogP contribution in [0.15, 0.2) is 40.5 Å². The Morgan fingerprint density at radius 3 is 3.04 bits per heavy atom. The molecule has 7 heteroatoms. The maximum absolute atomic E-state index is 12.9. The average molecular weight is 368 g/mol. The van der Waals surface area contributed by atoms with Crippen molar-refractivity contribution in [3.05, 3.63) is 57.5 Å². The van der Waals surface area contributed by atoms with Crippen molar-refractivity contribution in [3.63, 3.8) is 0 Å². The van der Waals surface area contributed by atoms with Gasteiger partial charge in [-0.05, 0) is 43.5 Å². The number of para-hydroxylation sites is 1. The maximum Gasteiger partial charge on any atom is 0.259 e. The summed E-state index contributed by atoms with van der Waals surface area (Å²) in [5.74, 6) is 0.639. The highest BCUT2D eigenvalue weighted by molar-refractivity contribution is 7.16. The van der Waals surface area contributed by atoms with Gasteiger partial charge in [0, 0.05) is 11.7 Å². The Labute approximate surface area is 155 Å². The molecule has 1 aromatic carbocycles. The minimum absolute atomic E-state index is 0.0597. The summed E-state index contributed by atoms with van der Waals surface area (Å²) in [6, 6.07) is 9.98. The summed E-state index contributed by atoms with van der Waals surface area (Å²) in [6.07, 6.45) is 0.884. The van der Waals surface area contributed by atoms with Gasteiger partial charge < -0.3 is 9.88 Å². The Balaban J connectivity index is 1.48. The van der Waals surface area contributed by atoms with E-state index in [-0.39, 0.29) is 24.1 Å². The van der Waals surface area contributed by atoms with Crippen molar-refractivity contribution in [2.75, 3.05) is 18.5 Å². The van der Waals surface area contributed by atoms with Crippen LogP contribution in [-0.4, -0.2) is 40.4 Å². The van der Waals surface area contributed by atoms with Gasteiger partial charge in [0.15, 0.2) is 0 Å². The number of thiophene rings is 1. The van der Waals surface area contributed by atoms with Gasteiger partial charge in [-0.25, -0.2) is 4.98 Å². The first-order valence-electron chi connectivity index (χ1n) is 8.58. The van der Waals surface area contributed by atoms with Crippen LogP contribution in [0.4, 0.5) is 5.69 Å². The van der Waals surface area contributed by atoms with Crippen molar-refractivity contribution in [1.29, 1.82) is 0 Å². The van der Waals surface area contributed by atoms with E-state index in [1.807, 2.05) is 40.4 Å². The fraction of sp³-hybridized carbons (Fsp3) is 0.316. The van der Waals surface area contributed by atoms with Gasteiger partial charge in [0.25, 0.3) is 5.56 Å². The molecular weight excluding hydrogens is 348 g/mol. The Morgan fingerprint density at radius 1 is 1.38 bits per heavy atom. The molecule has 1 aliphatic heterocycles. The number of aromatic nitrogens is 2. The second-order valence-electron chi connectivity index (χ2n) is 6.77. The van der Waals surface area contributed by atoms with Crippen molar-refractivity contribution in [1.82, 2.24) is 14.9 Å². The van der Waals surface area contributed by atoms with E-state index < -0.39 is 0 Å². The monoisotopic (exact) mass is 368 g/mol. The van der Waals surface area contributed by atoms with Gasteiger partial charge >= 0.3 is 0 Å². The number of likely N-dealkylation sites (N-methyl/N-ethyl adjacent to an activating group) is 1. The summed E-state index contributed by atoms with van der Waals surface area (Å²) in [6.45, 7) is 2.76. The minimum Gasteiger partial charge on any atom is -0.309 e. The first kappa shape index (κ1) is 16.9. The predicted octanol–water partition coefficient (Wildman–Crippen LogP) is 2.39. The van der Waals surface area contributed by atoms with Crippen molar-refractivity contribution in [2.45, 2.75) is 25.9 Å². The average Bonchev–Trinajstić information content (AvgIpc) is 3.17. The molecule has 0 aliphatic carbocycles. The number of nitrogens with one attached hydrogen (secondary N) is 1. The number of rotatable bonds is 4. The SMILES string of the molecule is C[C@@H]1Cc2ccccc2N1C(=O)CN(C)Cc1nc2sccc2c(=O)[nH]1. The Morgan fingerprint density at radius 2 is 2.19 bits per heavy atom. The zero-order valence-corrected chi connectivity index (χ0v) is 15.5. The fourth-order valence-electron chi connectivity index (χ4n) is 3.55. The lowest BCUT2D eigenvalue weighted by Gasteiger charge is -2.25. The van der Waals surface area contributed by atoms with Gasteiger partial charge in [-0.2, -0.15) is 0 Å². The first-order valence-corrected chi connectivity index (χ1v) is 9.46. The Bertz CT molecular complexity index is 1030. The van der Waals surface area contributed by atoms with E-state index in [4.69, 9.17) is 0 Å². The van der Waals surface area contributed by atoms with Crippen LogP contribution >= 0.6 is 11.3 Å². The van der Waals surface area contributed by atoms with Crippen LogP contribution in [0.25, 0.3) is 10.2 Å². The molecule has 3 aromatic rings. The van der Waals surface area contributed by atoms with Crippen LogP contribution in [-0.2, 0) is 17.8 Å². The van der Waals surface area contributed by atoms with Crippen LogP contribution in [0.5, 0.6) is 0 Å². The lowest BCUT2D eigenvalue weighted by molar-refractivity contribution is -0.119. The standard InChI is InChI=1S/C19H20N4O2S/c1-12-9-13-5-3-4-6-15(13)23(12)17(24)11-22(2)10-16-20-18(25)14-7-8-26-19(14)21-16/h3-8,12H,9-11H2,1-2H3,(H,20,21,25)/t12-/m1/s1. The van der Waals surface area contributed by atoms with E-state index in [1.165, 1.54) is 16.9 Å². The van der Waals surface area contributed by atoms with Gasteiger partial charge in [0.2, 0.25) is 5.91 Å². The first-order chi connectivity index (χ1) is 12.5. The molecule has 1 atom stereocenters. The third kappa shape index (κ3) is 3.04. The van der Waals surface area contributed by atoms with E-state index in [0.29, 0.717) is 17.8 Å². The zero-order valence-electron chi connectivity index (χ0n) is 14.7. The molecule has 6 nitrogen and oxygen atoms in total. The fourth-order valence-corrected chi connectivity index (χ4v) is 4.33. The van der Waals surface area contributed by atoms with Crippen LogP contribution in [0.3, 0.4) is 0 Å². The molecule has 1 aliphatic rings. The predicted molar refractivity (Wildman–Crippen MR) is 104 cm³/mol. The number of carbonyl (C=O) groups is 1. The van der Waals surface area contributed by atoms with Crippen molar-refractivity contribution in [3.8, 4) is 0 Å². The normalized spacial score (nSPS) is 16.4. The number of amides is 1. The highest BCUT2D eigenvalue weighted by Crippen LogP contribution is 2.31. The quantitative estimate of drug-likeness (QED) is 0.768. The molecule has 0 spiro atoms. The Hall–Kier alpha value is -2.51. The van der Waals surface area contributed by atoms with Gasteiger partial charge in [-0.1, -0.05) is 18.2 Å². The summed E-state index contributed by atoms with van der Waals surface area (Å²) in [7, 11) is 1.86. The van der Waals surface area contributed by atoms with Crippen LogP contribution < -0.4 is 10.5 Å². The second-order valence-corrected chi connectivity index (χ2v) is 7.66. The van der Waals surface area contributed by atoms with Gasteiger partial charge in [0.1, 0.15) is 10.7 Å². The number of aromatic amines is 1. The van der Waals surface area contributed by atoms with Crippen molar-refractivity contribution >= 4 is 33.1 Å². The molecule has 0 bridgehead atoms. The smallest absolute Gasteiger partial charge is 0.259 e. The van der Waals surface area contributed by atoms with Crippen molar-refractivity contribution in [2.24, 2.45) is 0 Å². The van der Waals surface area contributed by atoms with Crippen LogP contribution in [0, 0.1) is 0 Å².